The first kappa shape index (κ1) is 6.81. The Bertz CT molecular complexity index is 125. The standard InChI is InChI=1S/C8H14O/c1-3-7-4-5-8(2,9)6-7/h4-5,7,9H,3,6H2,1-2H3. The van der Waals surface area contributed by atoms with Crippen LogP contribution >= 0.6 is 0 Å². The molecule has 1 heteroatoms. The smallest absolute Gasteiger partial charge is 0.0805 e. The second kappa shape index (κ2) is 2.14. The van der Waals surface area contributed by atoms with E-state index in [9.17, 15) is 5.11 Å². The molecule has 2 unspecified atom stereocenters. The van der Waals surface area contributed by atoms with Gasteiger partial charge in [0.1, 0.15) is 0 Å². The predicted molar refractivity (Wildman–Crippen MR) is 38.2 cm³/mol. The molecule has 0 aromatic carbocycles. The molecule has 1 rings (SSSR count). The summed E-state index contributed by atoms with van der Waals surface area (Å²) in [7, 11) is 0. The van der Waals surface area contributed by atoms with Crippen molar-refractivity contribution >= 4 is 0 Å². The third kappa shape index (κ3) is 1.55. The van der Waals surface area contributed by atoms with Crippen LogP contribution in [0.1, 0.15) is 26.7 Å². The minimum atomic E-state index is -0.513. The normalized spacial score (nSPS) is 41.9. The minimum absolute atomic E-state index is 0.513. The first-order valence-corrected chi connectivity index (χ1v) is 3.56. The van der Waals surface area contributed by atoms with E-state index in [1.54, 1.807) is 0 Å². The van der Waals surface area contributed by atoms with Gasteiger partial charge in [0.2, 0.25) is 0 Å². The Hall–Kier alpha value is -0.300. The number of rotatable bonds is 1. The average molecular weight is 126 g/mol. The van der Waals surface area contributed by atoms with Crippen molar-refractivity contribution in [1.82, 2.24) is 0 Å². The van der Waals surface area contributed by atoms with Crippen molar-refractivity contribution in [2.75, 3.05) is 0 Å². The fourth-order valence-corrected chi connectivity index (χ4v) is 1.29. The first-order valence-electron chi connectivity index (χ1n) is 3.56. The molecule has 0 radical (unpaired) electrons. The zero-order valence-corrected chi connectivity index (χ0v) is 6.09. The molecule has 1 nitrogen and oxygen atoms in total. The molecule has 0 saturated carbocycles. The quantitative estimate of drug-likeness (QED) is 0.530. The summed E-state index contributed by atoms with van der Waals surface area (Å²) < 4.78 is 0. The van der Waals surface area contributed by atoms with Crippen molar-refractivity contribution in [1.29, 1.82) is 0 Å². The zero-order valence-electron chi connectivity index (χ0n) is 6.09. The number of hydrogen-bond acceptors (Lipinski definition) is 1. The summed E-state index contributed by atoms with van der Waals surface area (Å²) in [5.74, 6) is 0.611. The van der Waals surface area contributed by atoms with E-state index >= 15 is 0 Å². The second-order valence-corrected chi connectivity index (χ2v) is 3.09. The van der Waals surface area contributed by atoms with Crippen LogP contribution in [-0.2, 0) is 0 Å². The van der Waals surface area contributed by atoms with Gasteiger partial charge in [-0.2, -0.15) is 0 Å². The third-order valence-electron chi connectivity index (χ3n) is 1.93. The van der Waals surface area contributed by atoms with Crippen LogP contribution in [0.2, 0.25) is 0 Å². The molecule has 0 fully saturated rings. The summed E-state index contributed by atoms with van der Waals surface area (Å²) in [4.78, 5) is 0. The van der Waals surface area contributed by atoms with Crippen LogP contribution in [0.4, 0.5) is 0 Å². The maximum atomic E-state index is 9.41. The van der Waals surface area contributed by atoms with Gasteiger partial charge in [0.15, 0.2) is 0 Å². The second-order valence-electron chi connectivity index (χ2n) is 3.09. The molecule has 2 atom stereocenters. The van der Waals surface area contributed by atoms with E-state index < -0.39 is 5.60 Å². The van der Waals surface area contributed by atoms with Crippen molar-refractivity contribution in [3.63, 3.8) is 0 Å². The molecule has 0 amide bonds. The monoisotopic (exact) mass is 126 g/mol. The van der Waals surface area contributed by atoms with Gasteiger partial charge in [-0.1, -0.05) is 19.1 Å². The minimum Gasteiger partial charge on any atom is -0.386 e. The Morgan fingerprint density at radius 1 is 1.78 bits per heavy atom. The molecule has 9 heavy (non-hydrogen) atoms. The lowest BCUT2D eigenvalue weighted by atomic mass is 9.99. The summed E-state index contributed by atoms with van der Waals surface area (Å²) in [5.41, 5.74) is -0.513. The lowest BCUT2D eigenvalue weighted by Gasteiger charge is -2.14. The molecule has 0 aromatic rings. The van der Waals surface area contributed by atoms with Gasteiger partial charge in [-0.3, -0.25) is 0 Å². The van der Waals surface area contributed by atoms with Crippen molar-refractivity contribution in [2.24, 2.45) is 5.92 Å². The van der Waals surface area contributed by atoms with Gasteiger partial charge in [0.25, 0.3) is 0 Å². The summed E-state index contributed by atoms with van der Waals surface area (Å²) >= 11 is 0. The van der Waals surface area contributed by atoms with Crippen molar-refractivity contribution < 1.29 is 5.11 Å². The molecule has 0 aliphatic heterocycles. The third-order valence-corrected chi connectivity index (χ3v) is 1.93. The molecule has 1 aliphatic carbocycles. The van der Waals surface area contributed by atoms with Crippen molar-refractivity contribution in [3.05, 3.63) is 12.2 Å². The Morgan fingerprint density at radius 3 is 2.67 bits per heavy atom. The molecular formula is C8H14O. The van der Waals surface area contributed by atoms with Gasteiger partial charge in [0.05, 0.1) is 5.60 Å². The molecule has 0 aromatic heterocycles. The number of hydrogen-bond donors (Lipinski definition) is 1. The Labute approximate surface area is 56.4 Å². The molecule has 52 valence electrons. The Morgan fingerprint density at radius 2 is 2.44 bits per heavy atom. The first-order chi connectivity index (χ1) is 4.14. The molecule has 1 N–H and O–H groups in total. The largest absolute Gasteiger partial charge is 0.386 e. The van der Waals surface area contributed by atoms with E-state index in [4.69, 9.17) is 0 Å². The van der Waals surface area contributed by atoms with E-state index in [0.29, 0.717) is 5.92 Å². The fraction of sp³-hybridized carbons (Fsp3) is 0.750. The van der Waals surface area contributed by atoms with E-state index in [-0.39, 0.29) is 0 Å². The maximum Gasteiger partial charge on any atom is 0.0805 e. The highest BCUT2D eigenvalue weighted by molar-refractivity contribution is 5.09. The van der Waals surface area contributed by atoms with Crippen molar-refractivity contribution in [3.8, 4) is 0 Å². The molecule has 1 aliphatic rings. The SMILES string of the molecule is CCC1C=CC(C)(O)C1. The molecule has 0 bridgehead atoms. The van der Waals surface area contributed by atoms with Gasteiger partial charge in [0, 0.05) is 0 Å². The average Bonchev–Trinajstić information content (AvgIpc) is 2.10. The van der Waals surface area contributed by atoms with Crippen LogP contribution in [-0.4, -0.2) is 10.7 Å². The zero-order chi connectivity index (χ0) is 6.91. The summed E-state index contributed by atoms with van der Waals surface area (Å²) in [5, 5.41) is 9.41. The predicted octanol–water partition coefficient (Wildman–Crippen LogP) is 1.72. The van der Waals surface area contributed by atoms with Gasteiger partial charge < -0.3 is 5.11 Å². The van der Waals surface area contributed by atoms with Gasteiger partial charge in [-0.15, -0.1) is 0 Å². The van der Waals surface area contributed by atoms with Gasteiger partial charge in [-0.25, -0.2) is 0 Å². The Kier molecular flexibility index (Phi) is 1.62. The van der Waals surface area contributed by atoms with E-state index in [1.807, 2.05) is 13.0 Å². The highest BCUT2D eigenvalue weighted by atomic mass is 16.3. The van der Waals surface area contributed by atoms with E-state index in [0.717, 1.165) is 12.8 Å². The van der Waals surface area contributed by atoms with Crippen LogP contribution in [0.25, 0.3) is 0 Å². The van der Waals surface area contributed by atoms with Crippen LogP contribution in [0.15, 0.2) is 12.2 Å². The van der Waals surface area contributed by atoms with Crippen molar-refractivity contribution in [2.45, 2.75) is 32.3 Å². The highest BCUT2D eigenvalue weighted by Crippen LogP contribution is 2.28. The Balaban J connectivity index is 2.50. The molecule has 0 saturated heterocycles. The maximum absolute atomic E-state index is 9.41. The topological polar surface area (TPSA) is 20.2 Å². The summed E-state index contributed by atoms with van der Waals surface area (Å²) in [6.45, 7) is 4.01. The molecule has 0 heterocycles. The van der Waals surface area contributed by atoms with Crippen LogP contribution in [0.5, 0.6) is 0 Å². The van der Waals surface area contributed by atoms with Gasteiger partial charge >= 0.3 is 0 Å². The number of aliphatic hydroxyl groups is 1. The summed E-state index contributed by atoms with van der Waals surface area (Å²) in [6, 6.07) is 0. The fourth-order valence-electron chi connectivity index (χ4n) is 1.29. The molecule has 0 spiro atoms. The van der Waals surface area contributed by atoms with E-state index in [1.165, 1.54) is 0 Å². The lowest BCUT2D eigenvalue weighted by Crippen LogP contribution is -2.18. The van der Waals surface area contributed by atoms with Gasteiger partial charge in [-0.05, 0) is 25.7 Å². The summed E-state index contributed by atoms with van der Waals surface area (Å²) in [6.07, 6.45) is 6.07. The highest BCUT2D eigenvalue weighted by Gasteiger charge is 2.25. The van der Waals surface area contributed by atoms with Crippen LogP contribution < -0.4 is 0 Å². The van der Waals surface area contributed by atoms with E-state index in [2.05, 4.69) is 13.0 Å². The lowest BCUT2D eigenvalue weighted by molar-refractivity contribution is 0.101. The van der Waals surface area contributed by atoms with Crippen LogP contribution in [0, 0.1) is 5.92 Å². The molecular weight excluding hydrogens is 112 g/mol. The number of allylic oxidation sites excluding steroid dienone is 1. The van der Waals surface area contributed by atoms with Crippen LogP contribution in [0.3, 0.4) is 0 Å².